The predicted octanol–water partition coefficient (Wildman–Crippen LogP) is 2.54. The average molecular weight is 313 g/mol. The molecule has 6 nitrogen and oxygen atoms in total. The highest BCUT2D eigenvalue weighted by atomic mass is 16.5. The number of ether oxygens (including phenoxy) is 2. The number of anilines is 1. The van der Waals surface area contributed by atoms with Crippen LogP contribution in [0.2, 0.25) is 0 Å². The molecule has 1 aromatic carbocycles. The minimum absolute atomic E-state index is 0.241. The van der Waals surface area contributed by atoms with Crippen LogP contribution >= 0.6 is 0 Å². The van der Waals surface area contributed by atoms with E-state index in [0.29, 0.717) is 19.1 Å². The molecule has 1 N–H and O–H groups in total. The largest absolute Gasteiger partial charge is 0.494 e. The Morgan fingerprint density at radius 2 is 1.96 bits per heavy atom. The Morgan fingerprint density at radius 3 is 2.65 bits per heavy atom. The molecule has 23 heavy (non-hydrogen) atoms. The van der Waals surface area contributed by atoms with Crippen molar-refractivity contribution >= 4 is 18.0 Å². The standard InChI is InChI=1S/C17H19N3O3/c1-2-22-15-7-4-14(5-8-15)6-9-16(21)23-13-12-20-17-18-10-3-11-19-17/h3-11H,2,12-13H2,1H3,(H,18,19,20)/b9-6+. The van der Waals surface area contributed by atoms with E-state index in [-0.39, 0.29) is 6.61 Å². The van der Waals surface area contributed by atoms with E-state index < -0.39 is 5.97 Å². The second-order valence-electron chi connectivity index (χ2n) is 4.50. The summed E-state index contributed by atoms with van der Waals surface area (Å²) in [6, 6.07) is 9.21. The van der Waals surface area contributed by atoms with Gasteiger partial charge in [0, 0.05) is 18.5 Å². The molecule has 1 heterocycles. The Labute approximate surface area is 135 Å². The van der Waals surface area contributed by atoms with Gasteiger partial charge in [0.1, 0.15) is 12.4 Å². The van der Waals surface area contributed by atoms with Crippen molar-refractivity contribution in [3.8, 4) is 5.75 Å². The highest BCUT2D eigenvalue weighted by Crippen LogP contribution is 2.13. The zero-order chi connectivity index (χ0) is 16.3. The fourth-order valence-corrected chi connectivity index (χ4v) is 1.76. The van der Waals surface area contributed by atoms with Crippen molar-refractivity contribution in [3.05, 3.63) is 54.4 Å². The molecule has 0 atom stereocenters. The van der Waals surface area contributed by atoms with Gasteiger partial charge in [0.15, 0.2) is 0 Å². The van der Waals surface area contributed by atoms with Crippen LogP contribution in [0.25, 0.3) is 6.08 Å². The van der Waals surface area contributed by atoms with E-state index >= 15 is 0 Å². The van der Waals surface area contributed by atoms with Crippen molar-refractivity contribution in [3.63, 3.8) is 0 Å². The van der Waals surface area contributed by atoms with Crippen molar-refractivity contribution in [1.82, 2.24) is 9.97 Å². The van der Waals surface area contributed by atoms with Gasteiger partial charge in [-0.05, 0) is 36.8 Å². The zero-order valence-corrected chi connectivity index (χ0v) is 12.9. The lowest BCUT2D eigenvalue weighted by Gasteiger charge is -2.04. The quantitative estimate of drug-likeness (QED) is 0.459. The number of nitrogens with zero attached hydrogens (tertiary/aromatic N) is 2. The smallest absolute Gasteiger partial charge is 0.330 e. The molecule has 2 rings (SSSR count). The van der Waals surface area contributed by atoms with Gasteiger partial charge in [-0.25, -0.2) is 14.8 Å². The van der Waals surface area contributed by atoms with E-state index in [1.165, 1.54) is 6.08 Å². The van der Waals surface area contributed by atoms with Crippen molar-refractivity contribution in [1.29, 1.82) is 0 Å². The Hall–Kier alpha value is -2.89. The van der Waals surface area contributed by atoms with E-state index in [0.717, 1.165) is 11.3 Å². The Balaban J connectivity index is 1.69. The molecule has 0 amide bonds. The van der Waals surface area contributed by atoms with Crippen LogP contribution in [0.15, 0.2) is 48.8 Å². The first-order chi connectivity index (χ1) is 11.3. The molecule has 2 aromatic rings. The van der Waals surface area contributed by atoms with Gasteiger partial charge >= 0.3 is 5.97 Å². The van der Waals surface area contributed by atoms with Gasteiger partial charge in [0.25, 0.3) is 0 Å². The lowest BCUT2D eigenvalue weighted by molar-refractivity contribution is -0.137. The molecular weight excluding hydrogens is 294 g/mol. The number of hydrogen-bond donors (Lipinski definition) is 1. The fraction of sp³-hybridized carbons (Fsp3) is 0.235. The minimum atomic E-state index is -0.394. The number of benzene rings is 1. The number of aromatic nitrogens is 2. The first-order valence-corrected chi connectivity index (χ1v) is 7.36. The molecular formula is C17H19N3O3. The van der Waals surface area contributed by atoms with Crippen LogP contribution in [0.5, 0.6) is 5.75 Å². The summed E-state index contributed by atoms with van der Waals surface area (Å²) < 4.78 is 10.4. The molecule has 6 heteroatoms. The molecule has 0 bridgehead atoms. The lowest BCUT2D eigenvalue weighted by Crippen LogP contribution is -2.13. The monoisotopic (exact) mass is 313 g/mol. The second-order valence-corrected chi connectivity index (χ2v) is 4.50. The topological polar surface area (TPSA) is 73.3 Å². The summed E-state index contributed by atoms with van der Waals surface area (Å²) in [5.74, 6) is 0.921. The number of carbonyl (C=O) groups is 1. The fourth-order valence-electron chi connectivity index (χ4n) is 1.76. The van der Waals surface area contributed by atoms with Gasteiger partial charge in [0.2, 0.25) is 5.95 Å². The van der Waals surface area contributed by atoms with Crippen LogP contribution < -0.4 is 10.1 Å². The first kappa shape index (κ1) is 16.5. The highest BCUT2D eigenvalue weighted by Gasteiger charge is 1.98. The van der Waals surface area contributed by atoms with Crippen LogP contribution in [0.4, 0.5) is 5.95 Å². The van der Waals surface area contributed by atoms with E-state index in [4.69, 9.17) is 9.47 Å². The van der Waals surface area contributed by atoms with Gasteiger partial charge in [0.05, 0.1) is 13.2 Å². The van der Waals surface area contributed by atoms with E-state index in [9.17, 15) is 4.79 Å². The normalized spacial score (nSPS) is 10.5. The molecule has 0 aliphatic heterocycles. The molecule has 1 aromatic heterocycles. The molecule has 0 radical (unpaired) electrons. The maximum atomic E-state index is 11.6. The third-order valence-electron chi connectivity index (χ3n) is 2.80. The number of carbonyl (C=O) groups excluding carboxylic acids is 1. The maximum Gasteiger partial charge on any atom is 0.330 e. The Morgan fingerprint density at radius 1 is 1.22 bits per heavy atom. The van der Waals surface area contributed by atoms with Gasteiger partial charge in [-0.2, -0.15) is 0 Å². The predicted molar refractivity (Wildman–Crippen MR) is 88.1 cm³/mol. The summed E-state index contributed by atoms with van der Waals surface area (Å²) in [6.45, 7) is 3.25. The average Bonchev–Trinajstić information content (AvgIpc) is 2.59. The van der Waals surface area contributed by atoms with E-state index in [1.807, 2.05) is 31.2 Å². The SMILES string of the molecule is CCOc1ccc(/C=C/C(=O)OCCNc2ncccn2)cc1. The molecule has 0 aliphatic carbocycles. The van der Waals surface area contributed by atoms with Crippen molar-refractivity contribution < 1.29 is 14.3 Å². The molecule has 0 saturated carbocycles. The molecule has 0 spiro atoms. The molecule has 0 unspecified atom stereocenters. The van der Waals surface area contributed by atoms with E-state index in [1.54, 1.807) is 24.5 Å². The number of rotatable bonds is 8. The van der Waals surface area contributed by atoms with Crippen LogP contribution in [0.3, 0.4) is 0 Å². The van der Waals surface area contributed by atoms with Gasteiger partial charge in [-0.1, -0.05) is 12.1 Å². The second kappa shape index (κ2) is 9.19. The Bertz CT molecular complexity index is 627. The van der Waals surface area contributed by atoms with Gasteiger partial charge < -0.3 is 14.8 Å². The van der Waals surface area contributed by atoms with Crippen molar-refractivity contribution in [2.24, 2.45) is 0 Å². The van der Waals surface area contributed by atoms with Crippen LogP contribution in [0, 0.1) is 0 Å². The molecule has 0 saturated heterocycles. The number of nitrogens with one attached hydrogen (secondary N) is 1. The summed E-state index contributed by atoms with van der Waals surface area (Å²) >= 11 is 0. The molecule has 0 aliphatic rings. The van der Waals surface area contributed by atoms with Crippen LogP contribution in [0.1, 0.15) is 12.5 Å². The zero-order valence-electron chi connectivity index (χ0n) is 12.9. The summed E-state index contributed by atoms with van der Waals surface area (Å²) in [7, 11) is 0. The van der Waals surface area contributed by atoms with Gasteiger partial charge in [-0.15, -0.1) is 0 Å². The summed E-state index contributed by atoms with van der Waals surface area (Å²) in [6.07, 6.45) is 6.38. The van der Waals surface area contributed by atoms with Gasteiger partial charge in [-0.3, -0.25) is 0 Å². The van der Waals surface area contributed by atoms with Crippen LogP contribution in [-0.2, 0) is 9.53 Å². The Kier molecular flexibility index (Phi) is 6.59. The first-order valence-electron chi connectivity index (χ1n) is 7.36. The van der Waals surface area contributed by atoms with Crippen molar-refractivity contribution in [2.75, 3.05) is 25.1 Å². The maximum absolute atomic E-state index is 11.6. The summed E-state index contributed by atoms with van der Waals surface area (Å²) in [4.78, 5) is 19.6. The summed E-state index contributed by atoms with van der Waals surface area (Å²) in [5.41, 5.74) is 0.904. The number of esters is 1. The lowest BCUT2D eigenvalue weighted by atomic mass is 10.2. The third kappa shape index (κ3) is 6.17. The van der Waals surface area contributed by atoms with Crippen LogP contribution in [-0.4, -0.2) is 35.7 Å². The summed E-state index contributed by atoms with van der Waals surface area (Å²) in [5, 5.41) is 2.95. The minimum Gasteiger partial charge on any atom is -0.494 e. The molecule has 120 valence electrons. The number of hydrogen-bond acceptors (Lipinski definition) is 6. The van der Waals surface area contributed by atoms with E-state index in [2.05, 4.69) is 15.3 Å². The highest BCUT2D eigenvalue weighted by molar-refractivity contribution is 5.87. The third-order valence-corrected chi connectivity index (χ3v) is 2.80. The van der Waals surface area contributed by atoms with Crippen molar-refractivity contribution in [2.45, 2.75) is 6.92 Å². The molecule has 0 fully saturated rings.